The number of piperidine rings is 1. The minimum atomic E-state index is -0.0590. The highest BCUT2D eigenvalue weighted by molar-refractivity contribution is 6.31. The fourth-order valence-corrected chi connectivity index (χ4v) is 3.61. The van der Waals surface area contributed by atoms with Crippen molar-refractivity contribution in [2.75, 3.05) is 18.0 Å². The third-order valence-electron chi connectivity index (χ3n) is 5.06. The van der Waals surface area contributed by atoms with Crippen molar-refractivity contribution < 1.29 is 9.21 Å². The summed E-state index contributed by atoms with van der Waals surface area (Å²) >= 11 is 6.01. The number of benzene rings is 1. The van der Waals surface area contributed by atoms with Crippen LogP contribution in [0.3, 0.4) is 0 Å². The number of hydrogen-bond donors (Lipinski definition) is 0. The molecule has 1 saturated carbocycles. The van der Waals surface area contributed by atoms with Crippen LogP contribution in [-0.4, -0.2) is 29.1 Å². The molecule has 5 nitrogen and oxygen atoms in total. The number of anilines is 1. The summed E-state index contributed by atoms with van der Waals surface area (Å²) in [6.45, 7) is 1.48. The number of halogens is 1. The quantitative estimate of drug-likeness (QED) is 0.781. The highest BCUT2D eigenvalue weighted by Crippen LogP contribution is 2.36. The zero-order chi connectivity index (χ0) is 16.5. The van der Waals surface area contributed by atoms with Crippen molar-refractivity contribution in [2.45, 2.75) is 38.0 Å². The lowest BCUT2D eigenvalue weighted by molar-refractivity contribution is 0.0906. The zero-order valence-corrected chi connectivity index (χ0v) is 14.2. The molecule has 2 heterocycles. The fraction of sp³-hybridized carbons (Fsp3) is 0.500. The Hall–Kier alpha value is -1.88. The van der Waals surface area contributed by atoms with Gasteiger partial charge in [-0.1, -0.05) is 35.3 Å². The van der Waals surface area contributed by atoms with E-state index in [2.05, 4.69) is 10.2 Å². The monoisotopic (exact) mass is 345 g/mol. The Labute approximate surface area is 146 Å². The average Bonchev–Trinajstić information content (AvgIpc) is 3.02. The van der Waals surface area contributed by atoms with Crippen LogP contribution in [-0.2, 0) is 0 Å². The van der Waals surface area contributed by atoms with E-state index in [-0.39, 0.29) is 11.7 Å². The molecule has 2 fully saturated rings. The van der Waals surface area contributed by atoms with Crippen LogP contribution in [0.5, 0.6) is 0 Å². The van der Waals surface area contributed by atoms with Gasteiger partial charge in [-0.15, -0.1) is 5.10 Å². The second kappa shape index (κ2) is 6.55. The molecule has 1 aliphatic carbocycles. The van der Waals surface area contributed by atoms with Crippen LogP contribution in [0.1, 0.15) is 54.3 Å². The first-order valence-corrected chi connectivity index (χ1v) is 8.96. The lowest BCUT2D eigenvalue weighted by Gasteiger charge is -2.30. The summed E-state index contributed by atoms with van der Waals surface area (Å²) in [6, 6.07) is 7.73. The van der Waals surface area contributed by atoms with Crippen molar-refractivity contribution in [3.63, 3.8) is 0 Å². The third-order valence-corrected chi connectivity index (χ3v) is 5.29. The topological polar surface area (TPSA) is 59.2 Å². The molecule has 0 radical (unpaired) electrons. The number of ketones is 1. The Morgan fingerprint density at radius 2 is 2.08 bits per heavy atom. The molecule has 2 aromatic rings. The summed E-state index contributed by atoms with van der Waals surface area (Å²) in [5, 5.41) is 8.99. The first-order valence-electron chi connectivity index (χ1n) is 8.59. The summed E-state index contributed by atoms with van der Waals surface area (Å²) < 4.78 is 5.85. The molecule has 1 aliphatic heterocycles. The van der Waals surface area contributed by atoms with Gasteiger partial charge >= 0.3 is 6.01 Å². The van der Waals surface area contributed by atoms with Gasteiger partial charge < -0.3 is 9.32 Å². The fourth-order valence-electron chi connectivity index (χ4n) is 3.42. The molecule has 1 aromatic heterocycles. The van der Waals surface area contributed by atoms with Gasteiger partial charge in [0.05, 0.1) is 0 Å². The molecule has 126 valence electrons. The molecule has 1 saturated heterocycles. The summed E-state index contributed by atoms with van der Waals surface area (Å²) in [6.07, 6.45) is 5.33. The SMILES string of the molecule is O=C(c1cccc(Cl)c1)[C@H]1CCCN(c2nnc(C3CCC3)o2)C1. The number of hydrogen-bond acceptors (Lipinski definition) is 5. The minimum absolute atomic E-state index is 0.0590. The van der Waals surface area contributed by atoms with Crippen LogP contribution in [0.25, 0.3) is 0 Å². The van der Waals surface area contributed by atoms with Gasteiger partial charge in [0.2, 0.25) is 5.89 Å². The summed E-state index contributed by atoms with van der Waals surface area (Å²) in [5.41, 5.74) is 0.676. The molecular weight excluding hydrogens is 326 g/mol. The molecule has 0 spiro atoms. The van der Waals surface area contributed by atoms with Gasteiger partial charge in [0.15, 0.2) is 5.78 Å². The Kier molecular flexibility index (Phi) is 4.27. The van der Waals surface area contributed by atoms with E-state index in [1.54, 1.807) is 12.1 Å². The third kappa shape index (κ3) is 3.05. The summed E-state index contributed by atoms with van der Waals surface area (Å²) in [7, 11) is 0. The molecule has 0 N–H and O–H groups in total. The lowest BCUT2D eigenvalue weighted by Crippen LogP contribution is -2.39. The van der Waals surface area contributed by atoms with Crippen molar-refractivity contribution in [3.05, 3.63) is 40.7 Å². The van der Waals surface area contributed by atoms with Gasteiger partial charge in [-0.25, -0.2) is 0 Å². The van der Waals surface area contributed by atoms with Crippen LogP contribution >= 0.6 is 11.6 Å². The van der Waals surface area contributed by atoms with E-state index in [0.29, 0.717) is 29.1 Å². The molecule has 6 heteroatoms. The normalized spacial score (nSPS) is 21.5. The van der Waals surface area contributed by atoms with E-state index in [9.17, 15) is 4.79 Å². The average molecular weight is 346 g/mol. The minimum Gasteiger partial charge on any atom is -0.408 e. The van der Waals surface area contributed by atoms with E-state index >= 15 is 0 Å². The molecule has 0 unspecified atom stereocenters. The number of Topliss-reactive ketones (excluding diaryl/α,β-unsaturated/α-hetero) is 1. The summed E-state index contributed by atoms with van der Waals surface area (Å²) in [5.74, 6) is 1.26. The van der Waals surface area contributed by atoms with Gasteiger partial charge in [0.25, 0.3) is 0 Å². The van der Waals surface area contributed by atoms with E-state index < -0.39 is 0 Å². The van der Waals surface area contributed by atoms with Gasteiger partial charge in [0.1, 0.15) is 0 Å². The predicted octanol–water partition coefficient (Wildman–Crippen LogP) is 4.09. The number of carbonyl (C=O) groups is 1. The first kappa shape index (κ1) is 15.6. The van der Waals surface area contributed by atoms with Crippen LogP contribution in [0.4, 0.5) is 6.01 Å². The largest absolute Gasteiger partial charge is 0.408 e. The first-order chi connectivity index (χ1) is 11.7. The number of aromatic nitrogens is 2. The summed E-state index contributed by atoms with van der Waals surface area (Å²) in [4.78, 5) is 14.8. The van der Waals surface area contributed by atoms with Crippen LogP contribution in [0.15, 0.2) is 28.7 Å². The maximum atomic E-state index is 12.7. The molecule has 2 aliphatic rings. The highest BCUT2D eigenvalue weighted by atomic mass is 35.5. The second-order valence-electron chi connectivity index (χ2n) is 6.71. The van der Waals surface area contributed by atoms with E-state index in [4.69, 9.17) is 16.0 Å². The zero-order valence-electron chi connectivity index (χ0n) is 13.4. The predicted molar refractivity (Wildman–Crippen MR) is 91.6 cm³/mol. The molecular formula is C18H20ClN3O2. The van der Waals surface area contributed by atoms with E-state index in [1.807, 2.05) is 17.0 Å². The van der Waals surface area contributed by atoms with Crippen molar-refractivity contribution in [1.82, 2.24) is 10.2 Å². The van der Waals surface area contributed by atoms with Crippen LogP contribution < -0.4 is 4.90 Å². The molecule has 1 aromatic carbocycles. The molecule has 0 amide bonds. The maximum Gasteiger partial charge on any atom is 0.318 e. The number of rotatable bonds is 4. The van der Waals surface area contributed by atoms with Crippen molar-refractivity contribution in [2.24, 2.45) is 5.92 Å². The van der Waals surface area contributed by atoms with E-state index in [1.165, 1.54) is 6.42 Å². The molecule has 24 heavy (non-hydrogen) atoms. The standard InChI is InChI=1S/C18H20ClN3O2/c19-15-8-2-6-13(10-15)16(23)14-7-3-9-22(11-14)18-21-20-17(24-18)12-4-1-5-12/h2,6,8,10,12,14H,1,3-5,7,9,11H2/t14-/m0/s1. The maximum absolute atomic E-state index is 12.7. The Morgan fingerprint density at radius 3 is 2.83 bits per heavy atom. The molecule has 4 rings (SSSR count). The second-order valence-corrected chi connectivity index (χ2v) is 7.15. The lowest BCUT2D eigenvalue weighted by atomic mass is 9.85. The number of nitrogens with zero attached hydrogens (tertiary/aromatic N) is 3. The highest BCUT2D eigenvalue weighted by Gasteiger charge is 2.31. The van der Waals surface area contributed by atoms with Gasteiger partial charge in [0, 0.05) is 35.5 Å². The Bertz CT molecular complexity index is 741. The van der Waals surface area contributed by atoms with Gasteiger partial charge in [-0.2, -0.15) is 0 Å². The Morgan fingerprint density at radius 1 is 1.21 bits per heavy atom. The smallest absolute Gasteiger partial charge is 0.318 e. The Balaban J connectivity index is 1.47. The van der Waals surface area contributed by atoms with Gasteiger partial charge in [-0.3, -0.25) is 4.79 Å². The van der Waals surface area contributed by atoms with E-state index in [0.717, 1.165) is 38.1 Å². The molecule has 0 bridgehead atoms. The van der Waals surface area contributed by atoms with Crippen LogP contribution in [0, 0.1) is 5.92 Å². The molecule has 1 atom stereocenters. The van der Waals surface area contributed by atoms with Crippen molar-refractivity contribution in [3.8, 4) is 0 Å². The van der Waals surface area contributed by atoms with Gasteiger partial charge in [-0.05, 0) is 37.8 Å². The van der Waals surface area contributed by atoms with Crippen molar-refractivity contribution >= 4 is 23.4 Å². The number of carbonyl (C=O) groups excluding carboxylic acids is 1. The van der Waals surface area contributed by atoms with Crippen molar-refractivity contribution in [1.29, 1.82) is 0 Å². The van der Waals surface area contributed by atoms with Crippen LogP contribution in [0.2, 0.25) is 5.02 Å².